The molecule has 0 aliphatic rings. The summed E-state index contributed by atoms with van der Waals surface area (Å²) in [5, 5.41) is 0. The minimum absolute atomic E-state index is 0.158. The van der Waals surface area contributed by atoms with Gasteiger partial charge in [0.25, 0.3) is 0 Å². The zero-order valence-corrected chi connectivity index (χ0v) is 13.0. The average molecular weight is 296 g/mol. The lowest BCUT2D eigenvalue weighted by atomic mass is 10.2. The van der Waals surface area contributed by atoms with Crippen LogP contribution in [0.4, 0.5) is 0 Å². The number of ether oxygens (including phenoxy) is 1. The Balaban J connectivity index is 4.54. The molecule has 18 heavy (non-hydrogen) atoms. The third kappa shape index (κ3) is 7.97. The lowest BCUT2D eigenvalue weighted by Crippen LogP contribution is -2.38. The van der Waals surface area contributed by atoms with Crippen LogP contribution in [0.15, 0.2) is 0 Å². The quantitative estimate of drug-likeness (QED) is 0.609. The van der Waals surface area contributed by atoms with E-state index in [9.17, 15) is 8.42 Å². The highest BCUT2D eigenvalue weighted by Crippen LogP contribution is 2.09. The first kappa shape index (κ1) is 17.8. The van der Waals surface area contributed by atoms with Crippen molar-refractivity contribution in [3.05, 3.63) is 0 Å². The van der Waals surface area contributed by atoms with Crippen molar-refractivity contribution in [1.82, 2.24) is 4.31 Å². The van der Waals surface area contributed by atoms with Crippen LogP contribution in [-0.4, -0.2) is 50.3 Å². The maximum atomic E-state index is 12.1. The Morgan fingerprint density at radius 1 is 1.39 bits per heavy atom. The molecule has 0 unspecified atom stereocenters. The van der Waals surface area contributed by atoms with E-state index in [4.69, 9.17) is 22.7 Å². The molecule has 0 radical (unpaired) electrons. The molecule has 0 saturated carbocycles. The number of sulfonamides is 1. The van der Waals surface area contributed by atoms with Gasteiger partial charge in [0, 0.05) is 26.6 Å². The summed E-state index contributed by atoms with van der Waals surface area (Å²) in [7, 11) is -1.70. The van der Waals surface area contributed by atoms with E-state index in [1.165, 1.54) is 4.31 Å². The van der Waals surface area contributed by atoms with Gasteiger partial charge in [0.15, 0.2) is 0 Å². The molecule has 0 aromatic heterocycles. The van der Waals surface area contributed by atoms with E-state index in [2.05, 4.69) is 0 Å². The Hall–Kier alpha value is -0.240. The first-order valence-electron chi connectivity index (χ1n) is 6.04. The van der Waals surface area contributed by atoms with Crippen LogP contribution in [0.3, 0.4) is 0 Å². The Kier molecular flexibility index (Phi) is 8.67. The molecule has 2 N–H and O–H groups in total. The number of nitrogens with zero attached hydrogens (tertiary/aromatic N) is 1. The highest BCUT2D eigenvalue weighted by atomic mass is 32.2. The van der Waals surface area contributed by atoms with Crippen molar-refractivity contribution in [2.24, 2.45) is 11.7 Å². The molecule has 0 fully saturated rings. The van der Waals surface area contributed by atoms with Gasteiger partial charge in [-0.05, 0) is 12.3 Å². The fourth-order valence-corrected chi connectivity index (χ4v) is 3.17. The van der Waals surface area contributed by atoms with Gasteiger partial charge >= 0.3 is 0 Å². The topological polar surface area (TPSA) is 72.6 Å². The highest BCUT2D eigenvalue weighted by Gasteiger charge is 2.21. The van der Waals surface area contributed by atoms with Gasteiger partial charge in [-0.1, -0.05) is 26.1 Å². The Labute approximate surface area is 116 Å². The molecule has 0 aliphatic carbocycles. The summed E-state index contributed by atoms with van der Waals surface area (Å²) in [5.74, 6) is 0.519. The van der Waals surface area contributed by atoms with Crippen LogP contribution in [0.25, 0.3) is 0 Å². The minimum Gasteiger partial charge on any atom is -0.393 e. The third-order valence-corrected chi connectivity index (χ3v) is 4.61. The van der Waals surface area contributed by atoms with E-state index in [0.717, 1.165) is 0 Å². The lowest BCUT2D eigenvalue weighted by Gasteiger charge is -2.22. The number of nitrogens with two attached hydrogens (primary N) is 1. The van der Waals surface area contributed by atoms with E-state index in [0.29, 0.717) is 43.4 Å². The van der Waals surface area contributed by atoms with Crippen molar-refractivity contribution in [3.63, 3.8) is 0 Å². The van der Waals surface area contributed by atoms with Crippen molar-refractivity contribution >= 4 is 27.2 Å². The van der Waals surface area contributed by atoms with Crippen molar-refractivity contribution in [1.29, 1.82) is 0 Å². The summed E-state index contributed by atoms with van der Waals surface area (Å²) in [5.41, 5.74) is 5.41. The molecule has 0 amide bonds. The van der Waals surface area contributed by atoms with Gasteiger partial charge < -0.3 is 10.5 Å². The van der Waals surface area contributed by atoms with Crippen LogP contribution in [-0.2, 0) is 14.8 Å². The average Bonchev–Trinajstić information content (AvgIpc) is 2.26. The molecule has 0 aliphatic heterocycles. The monoisotopic (exact) mass is 296 g/mol. The molecule has 0 atom stereocenters. The second kappa shape index (κ2) is 8.79. The summed E-state index contributed by atoms with van der Waals surface area (Å²) in [6, 6.07) is 0. The Bertz CT molecular complexity index is 342. The van der Waals surface area contributed by atoms with Gasteiger partial charge in [0.05, 0.1) is 17.3 Å². The number of thiocarbonyl (C=S) groups is 1. The van der Waals surface area contributed by atoms with Gasteiger partial charge in [-0.25, -0.2) is 8.42 Å². The lowest BCUT2D eigenvalue weighted by molar-refractivity contribution is 0.179. The van der Waals surface area contributed by atoms with E-state index >= 15 is 0 Å². The van der Waals surface area contributed by atoms with E-state index < -0.39 is 10.0 Å². The first-order chi connectivity index (χ1) is 8.29. The first-order valence-corrected chi connectivity index (χ1v) is 8.06. The summed E-state index contributed by atoms with van der Waals surface area (Å²) in [6.45, 7) is 5.06. The minimum atomic E-state index is -3.25. The number of hydrogen-bond donors (Lipinski definition) is 1. The molecule has 0 saturated heterocycles. The maximum absolute atomic E-state index is 12.1. The Morgan fingerprint density at radius 3 is 2.44 bits per heavy atom. The highest BCUT2D eigenvalue weighted by molar-refractivity contribution is 7.89. The van der Waals surface area contributed by atoms with Crippen molar-refractivity contribution < 1.29 is 13.2 Å². The van der Waals surface area contributed by atoms with E-state index in [1.807, 2.05) is 13.8 Å². The van der Waals surface area contributed by atoms with E-state index in [-0.39, 0.29) is 5.75 Å². The van der Waals surface area contributed by atoms with Crippen molar-refractivity contribution in [3.8, 4) is 0 Å². The van der Waals surface area contributed by atoms with Crippen molar-refractivity contribution in [2.45, 2.75) is 26.7 Å². The zero-order valence-electron chi connectivity index (χ0n) is 11.4. The number of rotatable bonds is 10. The molecule has 108 valence electrons. The smallest absolute Gasteiger partial charge is 0.214 e. The van der Waals surface area contributed by atoms with Gasteiger partial charge in [-0.2, -0.15) is 4.31 Å². The normalized spacial score (nSPS) is 12.3. The number of hydrogen-bond acceptors (Lipinski definition) is 4. The molecule has 0 aromatic carbocycles. The molecular weight excluding hydrogens is 272 g/mol. The molecule has 0 bridgehead atoms. The molecule has 7 heteroatoms. The van der Waals surface area contributed by atoms with Crippen LogP contribution in [0, 0.1) is 5.92 Å². The largest absolute Gasteiger partial charge is 0.393 e. The van der Waals surface area contributed by atoms with Crippen LogP contribution >= 0.6 is 12.2 Å². The molecule has 0 rings (SSSR count). The van der Waals surface area contributed by atoms with Gasteiger partial charge in [-0.15, -0.1) is 0 Å². The second-order valence-electron chi connectivity index (χ2n) is 4.61. The summed E-state index contributed by atoms with van der Waals surface area (Å²) in [4.78, 5) is 0.330. The van der Waals surface area contributed by atoms with Gasteiger partial charge in [0.1, 0.15) is 0 Å². The predicted octanol–water partition coefficient (Wildman–Crippen LogP) is 0.987. The summed E-state index contributed by atoms with van der Waals surface area (Å²) >= 11 is 4.78. The SMILES string of the molecule is COCCN(CCC(N)=S)S(=O)(=O)CCC(C)C. The van der Waals surface area contributed by atoms with Gasteiger partial charge in [0.2, 0.25) is 10.0 Å². The molecule has 5 nitrogen and oxygen atoms in total. The van der Waals surface area contributed by atoms with Crippen molar-refractivity contribution in [2.75, 3.05) is 32.6 Å². The molecular formula is C11H24N2O3S2. The molecule has 0 aromatic rings. The standard InChI is InChI=1S/C11H24N2O3S2/c1-10(2)5-9-18(14,15)13(7-8-16-3)6-4-11(12)17/h10H,4-9H2,1-3H3,(H2,12,17). The van der Waals surface area contributed by atoms with Gasteiger partial charge in [-0.3, -0.25) is 0 Å². The fraction of sp³-hybridized carbons (Fsp3) is 0.909. The zero-order chi connectivity index (χ0) is 14.2. The van der Waals surface area contributed by atoms with Crippen LogP contribution in [0.2, 0.25) is 0 Å². The fourth-order valence-electron chi connectivity index (χ4n) is 1.33. The molecule has 0 spiro atoms. The third-order valence-electron chi connectivity index (χ3n) is 2.50. The number of methoxy groups -OCH3 is 1. The van der Waals surface area contributed by atoms with Crippen LogP contribution in [0.1, 0.15) is 26.7 Å². The van der Waals surface area contributed by atoms with Crippen LogP contribution in [0.5, 0.6) is 0 Å². The predicted molar refractivity (Wildman–Crippen MR) is 78.1 cm³/mol. The molecule has 0 heterocycles. The Morgan fingerprint density at radius 2 is 2.00 bits per heavy atom. The van der Waals surface area contributed by atoms with E-state index in [1.54, 1.807) is 7.11 Å². The summed E-state index contributed by atoms with van der Waals surface area (Å²) < 4.78 is 30.6. The summed E-state index contributed by atoms with van der Waals surface area (Å²) in [6.07, 6.45) is 1.05. The second-order valence-corrected chi connectivity index (χ2v) is 7.22. The van der Waals surface area contributed by atoms with Crippen LogP contribution < -0.4 is 5.73 Å². The maximum Gasteiger partial charge on any atom is 0.214 e.